The Kier molecular flexibility index (Phi) is 5.82. The van der Waals surface area contributed by atoms with E-state index in [1.165, 1.54) is 0 Å². The summed E-state index contributed by atoms with van der Waals surface area (Å²) in [6.45, 7) is 5.06. The molecule has 1 fully saturated rings. The number of rotatable bonds is 5. The molecule has 0 radical (unpaired) electrons. The van der Waals surface area contributed by atoms with E-state index >= 15 is 0 Å². The number of nitrogens with zero attached hydrogens (tertiary/aromatic N) is 1. The van der Waals surface area contributed by atoms with Crippen LogP contribution in [0.5, 0.6) is 0 Å². The van der Waals surface area contributed by atoms with Crippen LogP contribution in [-0.2, 0) is 4.79 Å². The molecule has 1 heterocycles. The molecule has 2 unspecified atom stereocenters. The summed E-state index contributed by atoms with van der Waals surface area (Å²) < 4.78 is 24.2. The topological polar surface area (TPSA) is 32.3 Å². The molecule has 1 aliphatic heterocycles. The van der Waals surface area contributed by atoms with Crippen molar-refractivity contribution in [1.82, 2.24) is 10.2 Å². The van der Waals surface area contributed by atoms with Crippen LogP contribution in [0.1, 0.15) is 33.1 Å². The van der Waals surface area contributed by atoms with Crippen molar-refractivity contribution >= 4 is 5.91 Å². The molecule has 3 nitrogen and oxygen atoms in total. The van der Waals surface area contributed by atoms with E-state index in [1.807, 2.05) is 6.92 Å². The first kappa shape index (κ1) is 14.4. The minimum absolute atomic E-state index is 0.00792. The molecule has 1 rings (SSSR count). The minimum Gasteiger partial charge on any atom is -0.341 e. The highest BCUT2D eigenvalue weighted by molar-refractivity contribution is 5.76. The second-order valence-corrected chi connectivity index (χ2v) is 4.89. The van der Waals surface area contributed by atoms with Gasteiger partial charge in [-0.1, -0.05) is 13.8 Å². The first-order valence-electron chi connectivity index (χ1n) is 6.32. The number of hydrogen-bond acceptors (Lipinski definition) is 2. The summed E-state index contributed by atoms with van der Waals surface area (Å²) in [5, 5.41) is 2.83. The van der Waals surface area contributed by atoms with Gasteiger partial charge in [-0.15, -0.1) is 0 Å². The lowest BCUT2D eigenvalue weighted by Crippen LogP contribution is -2.51. The van der Waals surface area contributed by atoms with E-state index < -0.39 is 6.43 Å². The zero-order chi connectivity index (χ0) is 12.8. The number of amides is 1. The van der Waals surface area contributed by atoms with Gasteiger partial charge in [-0.05, 0) is 18.8 Å². The SMILES string of the molecule is CCCC(=O)N1CC(C)CC(NCC(F)F)C1. The second-order valence-electron chi connectivity index (χ2n) is 4.89. The molecule has 1 N–H and O–H groups in total. The zero-order valence-electron chi connectivity index (χ0n) is 10.6. The number of carbonyl (C=O) groups is 1. The Bertz CT molecular complexity index is 249. The Morgan fingerprint density at radius 3 is 2.76 bits per heavy atom. The van der Waals surface area contributed by atoms with Gasteiger partial charge in [0.05, 0.1) is 6.54 Å². The smallest absolute Gasteiger partial charge is 0.250 e. The number of piperidine rings is 1. The van der Waals surface area contributed by atoms with Crippen molar-refractivity contribution in [3.05, 3.63) is 0 Å². The lowest BCUT2D eigenvalue weighted by Gasteiger charge is -2.37. The summed E-state index contributed by atoms with van der Waals surface area (Å²) in [5.41, 5.74) is 0. The Labute approximate surface area is 102 Å². The molecule has 2 atom stereocenters. The van der Waals surface area contributed by atoms with Crippen molar-refractivity contribution in [2.45, 2.75) is 45.6 Å². The van der Waals surface area contributed by atoms with Gasteiger partial charge in [0.15, 0.2) is 0 Å². The Balaban J connectivity index is 2.44. The van der Waals surface area contributed by atoms with Crippen molar-refractivity contribution in [2.75, 3.05) is 19.6 Å². The first-order chi connectivity index (χ1) is 8.02. The molecule has 1 amide bonds. The van der Waals surface area contributed by atoms with Crippen molar-refractivity contribution in [2.24, 2.45) is 5.92 Å². The van der Waals surface area contributed by atoms with Crippen molar-refractivity contribution < 1.29 is 13.6 Å². The number of carbonyl (C=O) groups excluding carboxylic acids is 1. The molecule has 0 aromatic rings. The quantitative estimate of drug-likeness (QED) is 0.805. The summed E-state index contributed by atoms with van der Waals surface area (Å²) in [6, 6.07) is 0.00792. The number of halogens is 2. The van der Waals surface area contributed by atoms with Gasteiger partial charge in [0, 0.05) is 25.6 Å². The van der Waals surface area contributed by atoms with Crippen molar-refractivity contribution in [1.29, 1.82) is 0 Å². The van der Waals surface area contributed by atoms with Gasteiger partial charge in [-0.3, -0.25) is 4.79 Å². The van der Waals surface area contributed by atoms with Gasteiger partial charge in [-0.2, -0.15) is 0 Å². The van der Waals surface area contributed by atoms with E-state index in [4.69, 9.17) is 0 Å². The van der Waals surface area contributed by atoms with Crippen LogP contribution in [-0.4, -0.2) is 42.9 Å². The summed E-state index contributed by atoms with van der Waals surface area (Å²) >= 11 is 0. The van der Waals surface area contributed by atoms with E-state index in [1.54, 1.807) is 4.90 Å². The molecule has 1 aliphatic rings. The molecule has 0 aromatic carbocycles. The van der Waals surface area contributed by atoms with Gasteiger partial charge in [0.1, 0.15) is 0 Å². The molecular weight excluding hydrogens is 226 g/mol. The molecule has 1 saturated heterocycles. The van der Waals surface area contributed by atoms with Crippen LogP contribution in [0.25, 0.3) is 0 Å². The Morgan fingerprint density at radius 2 is 2.18 bits per heavy atom. The van der Waals surface area contributed by atoms with Gasteiger partial charge in [0.2, 0.25) is 5.91 Å². The van der Waals surface area contributed by atoms with Crippen LogP contribution in [0.2, 0.25) is 0 Å². The summed E-state index contributed by atoms with van der Waals surface area (Å²) in [6.07, 6.45) is -0.0810. The van der Waals surface area contributed by atoms with E-state index in [2.05, 4.69) is 12.2 Å². The van der Waals surface area contributed by atoms with Gasteiger partial charge >= 0.3 is 0 Å². The lowest BCUT2D eigenvalue weighted by molar-refractivity contribution is -0.133. The zero-order valence-corrected chi connectivity index (χ0v) is 10.6. The number of alkyl halides is 2. The lowest BCUT2D eigenvalue weighted by atomic mass is 9.95. The molecule has 100 valence electrons. The number of likely N-dealkylation sites (tertiary alicyclic amines) is 1. The molecular formula is C12H22F2N2O. The Hall–Kier alpha value is -0.710. The summed E-state index contributed by atoms with van der Waals surface area (Å²) in [7, 11) is 0. The predicted molar refractivity (Wildman–Crippen MR) is 63.1 cm³/mol. The first-order valence-corrected chi connectivity index (χ1v) is 6.32. The maximum atomic E-state index is 12.1. The molecule has 17 heavy (non-hydrogen) atoms. The largest absolute Gasteiger partial charge is 0.341 e. The maximum Gasteiger partial charge on any atom is 0.250 e. The summed E-state index contributed by atoms with van der Waals surface area (Å²) in [4.78, 5) is 13.6. The molecule has 0 spiro atoms. The van der Waals surface area contributed by atoms with E-state index in [9.17, 15) is 13.6 Å². The fourth-order valence-corrected chi connectivity index (χ4v) is 2.33. The standard InChI is InChI=1S/C12H22F2N2O/c1-3-4-12(17)16-7-9(2)5-10(8-16)15-6-11(13)14/h9-11,15H,3-8H2,1-2H3. The highest BCUT2D eigenvalue weighted by Gasteiger charge is 2.27. The normalized spacial score (nSPS) is 25.4. The van der Waals surface area contributed by atoms with Crippen LogP contribution in [0.3, 0.4) is 0 Å². The highest BCUT2D eigenvalue weighted by Crippen LogP contribution is 2.17. The fourth-order valence-electron chi connectivity index (χ4n) is 2.33. The Morgan fingerprint density at radius 1 is 1.47 bits per heavy atom. The monoisotopic (exact) mass is 248 g/mol. The van der Waals surface area contributed by atoms with Crippen LogP contribution < -0.4 is 5.32 Å². The minimum atomic E-state index is -2.33. The molecule has 0 aromatic heterocycles. The third kappa shape index (κ3) is 4.98. The maximum absolute atomic E-state index is 12.1. The third-order valence-corrected chi connectivity index (χ3v) is 3.04. The van der Waals surface area contributed by atoms with E-state index in [0.717, 1.165) is 19.4 Å². The molecule has 0 bridgehead atoms. The summed E-state index contributed by atoms with van der Waals surface area (Å²) in [5.74, 6) is 0.516. The fraction of sp³-hybridized carbons (Fsp3) is 0.917. The average molecular weight is 248 g/mol. The van der Waals surface area contributed by atoms with E-state index in [0.29, 0.717) is 18.9 Å². The molecule has 5 heteroatoms. The van der Waals surface area contributed by atoms with Gasteiger partial charge in [-0.25, -0.2) is 8.78 Å². The van der Waals surface area contributed by atoms with Gasteiger partial charge < -0.3 is 10.2 Å². The third-order valence-electron chi connectivity index (χ3n) is 3.04. The highest BCUT2D eigenvalue weighted by atomic mass is 19.3. The van der Waals surface area contributed by atoms with Crippen molar-refractivity contribution in [3.63, 3.8) is 0 Å². The number of nitrogens with one attached hydrogen (secondary N) is 1. The van der Waals surface area contributed by atoms with Crippen LogP contribution in [0.15, 0.2) is 0 Å². The predicted octanol–water partition coefficient (Wildman–Crippen LogP) is 1.88. The second kappa shape index (κ2) is 6.89. The van der Waals surface area contributed by atoms with Crippen LogP contribution in [0, 0.1) is 5.92 Å². The van der Waals surface area contributed by atoms with Crippen molar-refractivity contribution in [3.8, 4) is 0 Å². The van der Waals surface area contributed by atoms with Crippen LogP contribution in [0.4, 0.5) is 8.78 Å². The number of hydrogen-bond donors (Lipinski definition) is 1. The molecule has 0 saturated carbocycles. The van der Waals surface area contributed by atoms with Gasteiger partial charge in [0.25, 0.3) is 6.43 Å². The van der Waals surface area contributed by atoms with Crippen LogP contribution >= 0.6 is 0 Å². The van der Waals surface area contributed by atoms with E-state index in [-0.39, 0.29) is 18.5 Å². The average Bonchev–Trinajstić information content (AvgIpc) is 2.26. The molecule has 0 aliphatic carbocycles.